The smallest absolute Gasteiger partial charge is 0.407 e. The van der Waals surface area contributed by atoms with Gasteiger partial charge in [0, 0.05) is 22.0 Å². The second kappa shape index (κ2) is 14.9. The molecule has 0 saturated carbocycles. The monoisotopic (exact) mass is 607 g/mol. The first-order valence-corrected chi connectivity index (χ1v) is 14.1. The van der Waals surface area contributed by atoms with E-state index in [1.165, 1.54) is 11.5 Å². The number of carbonyl (C=O) groups is 2. The average molecular weight is 608 g/mol. The van der Waals surface area contributed by atoms with Gasteiger partial charge in [-0.1, -0.05) is 35.9 Å². The number of amides is 2. The number of para-hydroxylation sites is 1. The lowest BCUT2D eigenvalue weighted by molar-refractivity contribution is 0.100. The second-order valence-electron chi connectivity index (χ2n) is 8.98. The molecule has 0 spiro atoms. The highest BCUT2D eigenvalue weighted by atomic mass is 35.5. The zero-order chi connectivity index (χ0) is 29.9. The molecule has 0 aliphatic carbocycles. The van der Waals surface area contributed by atoms with Crippen molar-refractivity contribution in [3.05, 3.63) is 99.4 Å². The lowest BCUT2D eigenvalue weighted by atomic mass is 10.1. The third-order valence-corrected chi connectivity index (χ3v) is 6.88. The van der Waals surface area contributed by atoms with Gasteiger partial charge in [-0.15, -0.1) is 0 Å². The fourth-order valence-corrected chi connectivity index (χ4v) is 4.89. The highest BCUT2D eigenvalue weighted by Gasteiger charge is 2.20. The SMILES string of the molecule is COc1ccc(-c2nsc(C)c2C(=O)/N=C(\N)NCc2cc(Cl)cc(COC(=O)NCCOc3ccccc3)c2)cc1. The van der Waals surface area contributed by atoms with Crippen LogP contribution in [0.25, 0.3) is 11.3 Å². The molecule has 2 amide bonds. The molecule has 0 radical (unpaired) electrons. The number of alkyl carbamates (subject to hydrolysis) is 1. The molecule has 0 saturated heterocycles. The fraction of sp³-hybridized carbons (Fsp3) is 0.200. The maximum Gasteiger partial charge on any atom is 0.407 e. The van der Waals surface area contributed by atoms with Crippen LogP contribution in [0.5, 0.6) is 11.5 Å². The van der Waals surface area contributed by atoms with Gasteiger partial charge in [-0.05, 0) is 78.1 Å². The first-order chi connectivity index (χ1) is 20.3. The summed E-state index contributed by atoms with van der Waals surface area (Å²) >= 11 is 7.50. The molecule has 4 N–H and O–H groups in total. The quantitative estimate of drug-likeness (QED) is 0.118. The summed E-state index contributed by atoms with van der Waals surface area (Å²) in [5, 5.41) is 6.03. The highest BCUT2D eigenvalue weighted by molar-refractivity contribution is 7.06. The summed E-state index contributed by atoms with van der Waals surface area (Å²) in [5.74, 6) is 0.868. The van der Waals surface area contributed by atoms with E-state index in [2.05, 4.69) is 20.0 Å². The first kappa shape index (κ1) is 30.4. The normalized spacial score (nSPS) is 11.1. The summed E-state index contributed by atoms with van der Waals surface area (Å²) < 4.78 is 20.5. The van der Waals surface area contributed by atoms with Gasteiger partial charge in [0.05, 0.1) is 24.9 Å². The van der Waals surface area contributed by atoms with Gasteiger partial charge in [0.1, 0.15) is 24.7 Å². The Kier molecular flexibility index (Phi) is 10.7. The van der Waals surface area contributed by atoms with E-state index < -0.39 is 12.0 Å². The summed E-state index contributed by atoms with van der Waals surface area (Å²) in [6.07, 6.45) is -0.576. The molecule has 0 aliphatic rings. The predicted molar refractivity (Wildman–Crippen MR) is 163 cm³/mol. The molecule has 10 nitrogen and oxygen atoms in total. The van der Waals surface area contributed by atoms with Crippen LogP contribution in [0.15, 0.2) is 77.8 Å². The van der Waals surface area contributed by atoms with Gasteiger partial charge >= 0.3 is 6.09 Å². The first-order valence-electron chi connectivity index (χ1n) is 12.9. The van der Waals surface area contributed by atoms with Gasteiger partial charge < -0.3 is 30.6 Å². The van der Waals surface area contributed by atoms with Crippen LogP contribution in [0.4, 0.5) is 4.79 Å². The van der Waals surface area contributed by atoms with E-state index >= 15 is 0 Å². The molecule has 0 aliphatic heterocycles. The molecule has 0 atom stereocenters. The molecule has 0 fully saturated rings. The van der Waals surface area contributed by atoms with Gasteiger partial charge in [-0.3, -0.25) is 4.79 Å². The maximum absolute atomic E-state index is 13.0. The number of nitrogens with zero attached hydrogens (tertiary/aromatic N) is 2. The number of aryl methyl sites for hydroxylation is 1. The number of nitrogens with one attached hydrogen (secondary N) is 2. The number of hydrogen-bond acceptors (Lipinski definition) is 7. The number of halogens is 1. The van der Waals surface area contributed by atoms with E-state index in [9.17, 15) is 9.59 Å². The fourth-order valence-electron chi connectivity index (χ4n) is 3.91. The Bertz CT molecular complexity index is 1540. The van der Waals surface area contributed by atoms with Gasteiger partial charge in [-0.25, -0.2) is 4.79 Å². The Morgan fingerprint density at radius 1 is 1.00 bits per heavy atom. The summed E-state index contributed by atoms with van der Waals surface area (Å²) in [5.41, 5.74) is 9.18. The van der Waals surface area contributed by atoms with Crippen LogP contribution in [0.1, 0.15) is 26.4 Å². The average Bonchev–Trinajstić information content (AvgIpc) is 3.39. The molecule has 4 aromatic rings. The van der Waals surface area contributed by atoms with Crippen molar-refractivity contribution in [1.82, 2.24) is 15.0 Å². The molecule has 12 heteroatoms. The number of benzene rings is 3. The molecular weight excluding hydrogens is 578 g/mol. The molecule has 0 unspecified atom stereocenters. The molecule has 0 bridgehead atoms. The minimum Gasteiger partial charge on any atom is -0.497 e. The van der Waals surface area contributed by atoms with Crippen molar-refractivity contribution in [3.63, 3.8) is 0 Å². The molecule has 1 aromatic heterocycles. The van der Waals surface area contributed by atoms with Gasteiger partial charge in [0.25, 0.3) is 5.91 Å². The van der Waals surface area contributed by atoms with Crippen LogP contribution < -0.4 is 25.8 Å². The van der Waals surface area contributed by atoms with Crippen molar-refractivity contribution in [2.24, 2.45) is 10.7 Å². The zero-order valence-corrected chi connectivity index (χ0v) is 24.6. The Morgan fingerprint density at radius 3 is 2.48 bits per heavy atom. The number of guanidine groups is 1. The van der Waals surface area contributed by atoms with E-state index in [1.54, 1.807) is 31.4 Å². The number of hydrogen-bond donors (Lipinski definition) is 3. The van der Waals surface area contributed by atoms with Gasteiger partial charge in [0.15, 0.2) is 5.96 Å². The maximum atomic E-state index is 13.0. The largest absolute Gasteiger partial charge is 0.497 e. The van der Waals surface area contributed by atoms with Crippen LogP contribution in [-0.2, 0) is 17.9 Å². The van der Waals surface area contributed by atoms with Crippen LogP contribution in [0, 0.1) is 6.92 Å². The molecular formula is C30H30ClN5O5S. The second-order valence-corrected chi connectivity index (χ2v) is 10.4. The third-order valence-electron chi connectivity index (χ3n) is 5.91. The number of ether oxygens (including phenoxy) is 3. The van der Waals surface area contributed by atoms with Crippen LogP contribution in [0.3, 0.4) is 0 Å². The van der Waals surface area contributed by atoms with E-state index in [0.29, 0.717) is 40.7 Å². The summed E-state index contributed by atoms with van der Waals surface area (Å²) in [6, 6.07) is 21.8. The molecule has 1 heterocycles. The number of carbonyl (C=O) groups excluding carboxylic acids is 2. The molecule has 42 heavy (non-hydrogen) atoms. The van der Waals surface area contributed by atoms with Crippen molar-refractivity contribution >= 4 is 41.1 Å². The van der Waals surface area contributed by atoms with Crippen LogP contribution >= 0.6 is 23.1 Å². The minimum absolute atomic E-state index is 0.0135. The van der Waals surface area contributed by atoms with Crippen molar-refractivity contribution in [2.75, 3.05) is 20.3 Å². The summed E-state index contributed by atoms with van der Waals surface area (Å²) in [6.45, 7) is 2.66. The Morgan fingerprint density at radius 2 is 1.74 bits per heavy atom. The van der Waals surface area contributed by atoms with Gasteiger partial charge in [0.2, 0.25) is 0 Å². The van der Waals surface area contributed by atoms with E-state index in [0.717, 1.165) is 21.8 Å². The van der Waals surface area contributed by atoms with Crippen molar-refractivity contribution in [1.29, 1.82) is 0 Å². The zero-order valence-electron chi connectivity index (χ0n) is 23.1. The minimum atomic E-state index is -0.576. The number of nitrogens with two attached hydrogens (primary N) is 1. The Balaban J connectivity index is 1.29. The van der Waals surface area contributed by atoms with Crippen molar-refractivity contribution in [2.45, 2.75) is 20.1 Å². The standard InChI is InChI=1S/C30H30ClN5O5S/c1-19-26(27(36-42-19)22-8-10-24(39-2)11-9-22)28(37)35-29(32)34-17-20-14-21(16-23(31)15-20)18-41-30(38)33-12-13-40-25-6-4-3-5-7-25/h3-11,14-16H,12-13,17-18H2,1-2H3,(H,33,38)(H3,32,34,35,37). The highest BCUT2D eigenvalue weighted by Crippen LogP contribution is 2.30. The lowest BCUT2D eigenvalue weighted by Crippen LogP contribution is -2.32. The summed E-state index contributed by atoms with van der Waals surface area (Å²) in [7, 11) is 1.59. The van der Waals surface area contributed by atoms with Crippen LogP contribution in [-0.4, -0.2) is 42.6 Å². The Hall–Kier alpha value is -4.61. The predicted octanol–water partition coefficient (Wildman–Crippen LogP) is 5.33. The van der Waals surface area contributed by atoms with Crippen LogP contribution in [0.2, 0.25) is 5.02 Å². The van der Waals surface area contributed by atoms with Gasteiger partial charge in [-0.2, -0.15) is 9.37 Å². The summed E-state index contributed by atoms with van der Waals surface area (Å²) in [4.78, 5) is 29.9. The van der Waals surface area contributed by atoms with E-state index in [1.807, 2.05) is 55.5 Å². The lowest BCUT2D eigenvalue weighted by Gasteiger charge is -2.11. The molecule has 4 rings (SSSR count). The molecule has 3 aromatic carbocycles. The number of aromatic nitrogens is 1. The van der Waals surface area contributed by atoms with Crippen molar-refractivity contribution < 1.29 is 23.8 Å². The number of methoxy groups -OCH3 is 1. The van der Waals surface area contributed by atoms with E-state index in [4.69, 9.17) is 31.5 Å². The van der Waals surface area contributed by atoms with Crippen molar-refractivity contribution in [3.8, 4) is 22.8 Å². The molecule has 218 valence electrons. The Labute approximate surface area is 252 Å². The third kappa shape index (κ3) is 8.69. The van der Waals surface area contributed by atoms with E-state index in [-0.39, 0.29) is 19.1 Å². The number of rotatable bonds is 11. The number of aliphatic imine (C=N–C) groups is 1. The topological polar surface area (TPSA) is 137 Å².